The number of hydrogen-bond donors (Lipinski definition) is 2. The van der Waals surface area contributed by atoms with E-state index in [2.05, 4.69) is 15.3 Å². The highest BCUT2D eigenvalue weighted by molar-refractivity contribution is 5.91. The molecular formula is C20H19N3O4. The smallest absolute Gasteiger partial charge is 0.244 e. The number of hydrogen-bond acceptors (Lipinski definition) is 5. The standard InChI is InChI=1S/C20H19N3O4/c1-25-16-10-13(11-17-20(16)27-9-8-26-17)6-7-19(24)21-12-18-22-14-4-2-3-5-15(14)23-18/h2-7,10-11H,8-9,12H2,1H3,(H,21,24)(H,22,23). The monoisotopic (exact) mass is 365 g/mol. The van der Waals surface area contributed by atoms with Gasteiger partial charge < -0.3 is 24.5 Å². The zero-order valence-corrected chi connectivity index (χ0v) is 14.8. The van der Waals surface area contributed by atoms with Crippen molar-refractivity contribution in [3.8, 4) is 17.2 Å². The molecule has 7 heteroatoms. The van der Waals surface area contributed by atoms with E-state index >= 15 is 0 Å². The molecule has 0 fully saturated rings. The second kappa shape index (κ2) is 7.41. The van der Waals surface area contributed by atoms with Gasteiger partial charge in [0.2, 0.25) is 11.7 Å². The van der Waals surface area contributed by atoms with E-state index < -0.39 is 0 Å². The number of carbonyl (C=O) groups is 1. The normalized spacial score (nSPS) is 13.1. The average Bonchev–Trinajstić information content (AvgIpc) is 3.13. The summed E-state index contributed by atoms with van der Waals surface area (Å²) in [5.41, 5.74) is 2.61. The maximum atomic E-state index is 12.1. The van der Waals surface area contributed by atoms with Gasteiger partial charge in [-0.3, -0.25) is 4.79 Å². The van der Waals surface area contributed by atoms with Gasteiger partial charge in [-0.05, 0) is 35.9 Å². The van der Waals surface area contributed by atoms with Crippen LogP contribution in [0.25, 0.3) is 17.1 Å². The van der Waals surface area contributed by atoms with Crippen LogP contribution in [0.1, 0.15) is 11.4 Å². The molecule has 0 saturated carbocycles. The molecular weight excluding hydrogens is 346 g/mol. The third kappa shape index (κ3) is 3.72. The van der Waals surface area contributed by atoms with Crippen molar-refractivity contribution in [2.24, 2.45) is 0 Å². The molecule has 1 aliphatic heterocycles. The summed E-state index contributed by atoms with van der Waals surface area (Å²) in [6.07, 6.45) is 3.17. The summed E-state index contributed by atoms with van der Waals surface area (Å²) < 4.78 is 16.5. The minimum absolute atomic E-state index is 0.218. The Balaban J connectivity index is 1.42. The number of H-pyrrole nitrogens is 1. The molecule has 1 amide bonds. The Kier molecular flexibility index (Phi) is 4.65. The van der Waals surface area contributed by atoms with E-state index in [1.807, 2.05) is 30.3 Å². The molecule has 2 heterocycles. The van der Waals surface area contributed by atoms with Crippen LogP contribution in [-0.4, -0.2) is 36.2 Å². The number of amides is 1. The highest BCUT2D eigenvalue weighted by Crippen LogP contribution is 2.40. The van der Waals surface area contributed by atoms with Crippen molar-refractivity contribution >= 4 is 23.0 Å². The van der Waals surface area contributed by atoms with Gasteiger partial charge in [-0.2, -0.15) is 0 Å². The first-order valence-corrected chi connectivity index (χ1v) is 8.60. The number of para-hydroxylation sites is 2. The third-order valence-electron chi connectivity index (χ3n) is 4.15. The van der Waals surface area contributed by atoms with Gasteiger partial charge in [0.1, 0.15) is 19.0 Å². The van der Waals surface area contributed by atoms with Crippen LogP contribution in [0.3, 0.4) is 0 Å². The molecule has 138 valence electrons. The Morgan fingerprint density at radius 2 is 2.15 bits per heavy atom. The summed E-state index contributed by atoms with van der Waals surface area (Å²) in [6.45, 7) is 1.30. The van der Waals surface area contributed by atoms with Crippen LogP contribution in [0.2, 0.25) is 0 Å². The quantitative estimate of drug-likeness (QED) is 0.679. The largest absolute Gasteiger partial charge is 0.493 e. The van der Waals surface area contributed by atoms with Crippen molar-refractivity contribution in [2.75, 3.05) is 20.3 Å². The maximum absolute atomic E-state index is 12.1. The molecule has 3 aromatic rings. The van der Waals surface area contributed by atoms with Gasteiger partial charge in [0.15, 0.2) is 11.5 Å². The molecule has 7 nitrogen and oxygen atoms in total. The topological polar surface area (TPSA) is 85.5 Å². The van der Waals surface area contributed by atoms with E-state index in [1.165, 1.54) is 6.08 Å². The summed E-state index contributed by atoms with van der Waals surface area (Å²) in [4.78, 5) is 19.7. The number of aromatic nitrogens is 2. The Bertz CT molecular complexity index is 959. The zero-order valence-electron chi connectivity index (χ0n) is 14.8. The van der Waals surface area contributed by atoms with Crippen LogP contribution in [0.15, 0.2) is 42.5 Å². The number of fused-ring (bicyclic) bond motifs is 2. The van der Waals surface area contributed by atoms with Gasteiger partial charge in [-0.15, -0.1) is 0 Å². The number of nitrogens with one attached hydrogen (secondary N) is 2. The van der Waals surface area contributed by atoms with E-state index in [9.17, 15) is 4.79 Å². The Morgan fingerprint density at radius 3 is 3.00 bits per heavy atom. The Labute approximate surface area is 156 Å². The molecule has 0 bridgehead atoms. The molecule has 1 aromatic heterocycles. The molecule has 0 saturated heterocycles. The molecule has 1 aliphatic rings. The van der Waals surface area contributed by atoms with Crippen LogP contribution in [-0.2, 0) is 11.3 Å². The first-order valence-electron chi connectivity index (χ1n) is 8.60. The molecule has 2 N–H and O–H groups in total. The number of rotatable bonds is 5. The SMILES string of the molecule is COc1cc(C=CC(=O)NCc2nc3ccccc3[nH]2)cc2c1OCCO2. The fraction of sp³-hybridized carbons (Fsp3) is 0.200. The van der Waals surface area contributed by atoms with Gasteiger partial charge in [0, 0.05) is 6.08 Å². The number of ether oxygens (including phenoxy) is 3. The van der Waals surface area contributed by atoms with E-state index in [-0.39, 0.29) is 5.91 Å². The lowest BCUT2D eigenvalue weighted by molar-refractivity contribution is -0.116. The lowest BCUT2D eigenvalue weighted by Crippen LogP contribution is -2.20. The molecule has 0 aliphatic carbocycles. The summed E-state index contributed by atoms with van der Waals surface area (Å²) in [6, 6.07) is 11.4. The fourth-order valence-electron chi connectivity index (χ4n) is 2.88. The van der Waals surface area contributed by atoms with Gasteiger partial charge in [0.05, 0.1) is 24.7 Å². The Hall–Kier alpha value is -3.48. The summed E-state index contributed by atoms with van der Waals surface area (Å²) >= 11 is 0. The number of benzene rings is 2. The summed E-state index contributed by atoms with van der Waals surface area (Å²) in [7, 11) is 1.57. The molecule has 27 heavy (non-hydrogen) atoms. The predicted octanol–water partition coefficient (Wildman–Crippen LogP) is 2.67. The number of methoxy groups -OCH3 is 1. The Morgan fingerprint density at radius 1 is 1.30 bits per heavy atom. The first-order chi connectivity index (χ1) is 13.2. The molecule has 4 rings (SSSR count). The number of carbonyl (C=O) groups excluding carboxylic acids is 1. The third-order valence-corrected chi connectivity index (χ3v) is 4.15. The molecule has 0 atom stereocenters. The first kappa shape index (κ1) is 17.0. The van der Waals surface area contributed by atoms with Crippen molar-refractivity contribution in [1.29, 1.82) is 0 Å². The van der Waals surface area contributed by atoms with Crippen LogP contribution in [0.4, 0.5) is 0 Å². The van der Waals surface area contributed by atoms with E-state index in [1.54, 1.807) is 19.3 Å². The van der Waals surface area contributed by atoms with Gasteiger partial charge in [0.25, 0.3) is 0 Å². The van der Waals surface area contributed by atoms with Crippen molar-refractivity contribution in [3.05, 3.63) is 53.9 Å². The molecule has 2 aromatic carbocycles. The van der Waals surface area contributed by atoms with Gasteiger partial charge in [-0.25, -0.2) is 4.98 Å². The average molecular weight is 365 g/mol. The van der Waals surface area contributed by atoms with Gasteiger partial charge >= 0.3 is 0 Å². The molecule has 0 unspecified atom stereocenters. The van der Waals surface area contributed by atoms with Gasteiger partial charge in [-0.1, -0.05) is 12.1 Å². The fourth-order valence-corrected chi connectivity index (χ4v) is 2.88. The van der Waals surface area contributed by atoms with Crippen LogP contribution in [0.5, 0.6) is 17.2 Å². The number of imidazole rings is 1. The second-order valence-corrected chi connectivity index (χ2v) is 6.00. The van der Waals surface area contributed by atoms with Crippen molar-refractivity contribution < 1.29 is 19.0 Å². The lowest BCUT2D eigenvalue weighted by Gasteiger charge is -2.20. The summed E-state index contributed by atoms with van der Waals surface area (Å²) in [5.74, 6) is 2.27. The van der Waals surface area contributed by atoms with Crippen LogP contribution < -0.4 is 19.5 Å². The maximum Gasteiger partial charge on any atom is 0.244 e. The van der Waals surface area contributed by atoms with E-state index in [4.69, 9.17) is 14.2 Å². The summed E-state index contributed by atoms with van der Waals surface area (Å²) in [5, 5.41) is 2.81. The minimum Gasteiger partial charge on any atom is -0.493 e. The van der Waals surface area contributed by atoms with Crippen LogP contribution in [0, 0.1) is 0 Å². The van der Waals surface area contributed by atoms with E-state index in [0.29, 0.717) is 42.8 Å². The van der Waals surface area contributed by atoms with Crippen molar-refractivity contribution in [1.82, 2.24) is 15.3 Å². The highest BCUT2D eigenvalue weighted by Gasteiger charge is 2.17. The highest BCUT2D eigenvalue weighted by atomic mass is 16.6. The zero-order chi connectivity index (χ0) is 18.6. The molecule has 0 spiro atoms. The van der Waals surface area contributed by atoms with E-state index in [0.717, 1.165) is 16.6 Å². The number of nitrogens with zero attached hydrogens (tertiary/aromatic N) is 1. The minimum atomic E-state index is -0.218. The van der Waals surface area contributed by atoms with Crippen molar-refractivity contribution in [3.63, 3.8) is 0 Å². The second-order valence-electron chi connectivity index (χ2n) is 6.00. The number of aromatic amines is 1. The van der Waals surface area contributed by atoms with Crippen LogP contribution >= 0.6 is 0 Å². The predicted molar refractivity (Wildman–Crippen MR) is 101 cm³/mol. The molecule has 0 radical (unpaired) electrons. The van der Waals surface area contributed by atoms with Crippen molar-refractivity contribution in [2.45, 2.75) is 6.54 Å². The lowest BCUT2D eigenvalue weighted by atomic mass is 10.1.